The van der Waals surface area contributed by atoms with Crippen LogP contribution in [0.1, 0.15) is 42.8 Å². The molecule has 1 unspecified atom stereocenters. The average Bonchev–Trinajstić information content (AvgIpc) is 2.81. The lowest BCUT2D eigenvalue weighted by molar-refractivity contribution is -0.144. The topological polar surface area (TPSA) is 117 Å². The van der Waals surface area contributed by atoms with Gasteiger partial charge >= 0.3 is 5.97 Å². The van der Waals surface area contributed by atoms with Crippen molar-refractivity contribution >= 4 is 21.9 Å². The van der Waals surface area contributed by atoms with E-state index in [-0.39, 0.29) is 22.8 Å². The molecule has 0 bridgehead atoms. The van der Waals surface area contributed by atoms with Gasteiger partial charge in [-0.25, -0.2) is 17.5 Å². The predicted molar refractivity (Wildman–Crippen MR) is 82.7 cm³/mol. The molecule has 1 rings (SSSR count). The number of aryl methyl sites for hydroxylation is 1. The molecule has 1 aromatic heterocycles. The molecule has 1 heterocycles. The zero-order valence-electron chi connectivity index (χ0n) is 13.8. The first-order valence-corrected chi connectivity index (χ1v) is 8.48. The largest absolute Gasteiger partial charge is 0.480 e. The summed E-state index contributed by atoms with van der Waals surface area (Å²) < 4.78 is 30.2. The van der Waals surface area contributed by atoms with E-state index in [1.54, 1.807) is 6.92 Å². The molecule has 9 heteroatoms. The van der Waals surface area contributed by atoms with Gasteiger partial charge in [-0.15, -0.1) is 0 Å². The van der Waals surface area contributed by atoms with Crippen molar-refractivity contribution in [2.45, 2.75) is 44.2 Å². The zero-order chi connectivity index (χ0) is 18.0. The molecule has 0 saturated carbocycles. The summed E-state index contributed by atoms with van der Waals surface area (Å²) >= 11 is 0. The fraction of sp³-hybridized carbons (Fsp3) is 0.571. The summed E-state index contributed by atoms with van der Waals surface area (Å²) in [5.41, 5.74) is -1.44. The van der Waals surface area contributed by atoms with Crippen LogP contribution >= 0.6 is 0 Å². The van der Waals surface area contributed by atoms with E-state index in [9.17, 15) is 23.1 Å². The van der Waals surface area contributed by atoms with Gasteiger partial charge in [-0.1, -0.05) is 13.3 Å². The highest BCUT2D eigenvalue weighted by Crippen LogP contribution is 2.22. The number of carbonyl (C=O) groups is 2. The first kappa shape index (κ1) is 19.2. The van der Waals surface area contributed by atoms with Gasteiger partial charge in [-0.05, 0) is 20.3 Å². The lowest BCUT2D eigenvalue weighted by Crippen LogP contribution is -2.52. The fourth-order valence-electron chi connectivity index (χ4n) is 2.03. The van der Waals surface area contributed by atoms with E-state index in [1.807, 2.05) is 0 Å². The van der Waals surface area contributed by atoms with Gasteiger partial charge in [0.05, 0.1) is 5.56 Å². The highest BCUT2D eigenvalue weighted by atomic mass is 32.2. The van der Waals surface area contributed by atoms with Gasteiger partial charge in [0, 0.05) is 20.2 Å². The minimum absolute atomic E-state index is 0.00555. The van der Waals surface area contributed by atoms with Gasteiger partial charge in [0.25, 0.3) is 15.9 Å². The molecule has 0 spiro atoms. The predicted octanol–water partition coefficient (Wildman–Crippen LogP) is 1.21. The van der Waals surface area contributed by atoms with Gasteiger partial charge in [-0.3, -0.25) is 4.79 Å². The van der Waals surface area contributed by atoms with Gasteiger partial charge in [0.15, 0.2) is 0 Å². The van der Waals surface area contributed by atoms with Crippen LogP contribution in [0.3, 0.4) is 0 Å². The van der Waals surface area contributed by atoms with Crippen molar-refractivity contribution in [3.63, 3.8) is 0 Å². The van der Waals surface area contributed by atoms with Crippen LogP contribution in [-0.4, -0.2) is 49.3 Å². The van der Waals surface area contributed by atoms with E-state index in [2.05, 4.69) is 5.32 Å². The normalized spacial score (nSPS) is 14.5. The Labute approximate surface area is 135 Å². The Hall–Kier alpha value is -1.87. The molecule has 1 atom stereocenters. The molecule has 8 nitrogen and oxygen atoms in total. The highest BCUT2D eigenvalue weighted by molar-refractivity contribution is 7.88. The number of amides is 1. The second kappa shape index (κ2) is 6.71. The lowest BCUT2D eigenvalue weighted by atomic mass is 9.96. The van der Waals surface area contributed by atoms with Gasteiger partial charge in [0.2, 0.25) is 5.09 Å². The van der Waals surface area contributed by atoms with Crippen molar-refractivity contribution in [3.8, 4) is 0 Å². The van der Waals surface area contributed by atoms with Gasteiger partial charge in [0.1, 0.15) is 11.3 Å². The number of carboxylic acids is 1. The van der Waals surface area contributed by atoms with Gasteiger partial charge in [-0.2, -0.15) is 0 Å². The number of rotatable bonds is 7. The first-order chi connectivity index (χ1) is 10.5. The average molecular weight is 346 g/mol. The molecule has 23 heavy (non-hydrogen) atoms. The summed E-state index contributed by atoms with van der Waals surface area (Å²) in [5.74, 6) is -1.74. The number of furan rings is 1. The third-order valence-corrected chi connectivity index (χ3v) is 5.16. The van der Waals surface area contributed by atoms with Crippen LogP contribution in [0.4, 0.5) is 0 Å². The smallest absolute Gasteiger partial charge is 0.329 e. The molecule has 2 N–H and O–H groups in total. The number of aliphatic carboxylic acids is 1. The third kappa shape index (κ3) is 3.91. The summed E-state index contributed by atoms with van der Waals surface area (Å²) in [6.45, 7) is 4.66. The van der Waals surface area contributed by atoms with E-state index in [4.69, 9.17) is 4.42 Å². The molecule has 0 fully saturated rings. The standard InChI is InChI=1S/C14H22N2O6S/c1-6-7-14(3,13(18)19)15-12(17)10-8-11(22-9(10)2)23(20,21)16(4)5/h8H,6-7H2,1-5H3,(H,15,17)(H,18,19). The van der Waals surface area contributed by atoms with E-state index >= 15 is 0 Å². The number of carboxylic acid groups (broad SMARTS) is 1. The highest BCUT2D eigenvalue weighted by Gasteiger charge is 2.35. The summed E-state index contributed by atoms with van der Waals surface area (Å²) in [7, 11) is -1.13. The molecule has 0 aliphatic carbocycles. The van der Waals surface area contributed by atoms with Crippen LogP contribution in [0.5, 0.6) is 0 Å². The summed E-state index contributed by atoms with van der Waals surface area (Å²) in [6.07, 6.45) is 0.807. The van der Waals surface area contributed by atoms with Crippen molar-refractivity contribution in [2.24, 2.45) is 0 Å². The van der Waals surface area contributed by atoms with Crippen molar-refractivity contribution in [1.82, 2.24) is 9.62 Å². The van der Waals surface area contributed by atoms with Crippen LogP contribution in [0.25, 0.3) is 0 Å². The fourth-order valence-corrected chi connectivity index (χ4v) is 2.89. The maximum atomic E-state index is 12.3. The Kier molecular flexibility index (Phi) is 5.60. The molecule has 1 aromatic rings. The van der Waals surface area contributed by atoms with E-state index in [0.717, 1.165) is 10.4 Å². The molecular formula is C14H22N2O6S. The van der Waals surface area contributed by atoms with Crippen LogP contribution in [0.2, 0.25) is 0 Å². The van der Waals surface area contributed by atoms with E-state index in [1.165, 1.54) is 27.9 Å². The molecule has 1 amide bonds. The molecule has 0 radical (unpaired) electrons. The number of carbonyl (C=O) groups excluding carboxylic acids is 1. The zero-order valence-corrected chi connectivity index (χ0v) is 14.7. The van der Waals surface area contributed by atoms with Crippen LogP contribution in [-0.2, 0) is 14.8 Å². The van der Waals surface area contributed by atoms with E-state index < -0.39 is 27.4 Å². The second-order valence-electron chi connectivity index (χ2n) is 5.66. The van der Waals surface area contributed by atoms with Crippen LogP contribution < -0.4 is 5.32 Å². The van der Waals surface area contributed by atoms with Crippen LogP contribution in [0.15, 0.2) is 15.6 Å². The number of hydrogen-bond acceptors (Lipinski definition) is 5. The minimum atomic E-state index is -3.81. The maximum Gasteiger partial charge on any atom is 0.329 e. The van der Waals surface area contributed by atoms with Crippen molar-refractivity contribution in [2.75, 3.05) is 14.1 Å². The maximum absolute atomic E-state index is 12.3. The Morgan fingerprint density at radius 1 is 1.39 bits per heavy atom. The molecule has 130 valence electrons. The Balaban J connectivity index is 3.16. The minimum Gasteiger partial charge on any atom is -0.480 e. The Bertz CT molecular complexity index is 707. The first-order valence-electron chi connectivity index (χ1n) is 7.04. The van der Waals surface area contributed by atoms with Crippen LogP contribution in [0, 0.1) is 6.92 Å². The number of nitrogens with one attached hydrogen (secondary N) is 1. The number of nitrogens with zero attached hydrogens (tertiary/aromatic N) is 1. The number of hydrogen-bond donors (Lipinski definition) is 2. The second-order valence-corrected chi connectivity index (χ2v) is 7.75. The van der Waals surface area contributed by atoms with Gasteiger partial charge < -0.3 is 14.8 Å². The quantitative estimate of drug-likeness (QED) is 0.766. The number of sulfonamides is 1. The van der Waals surface area contributed by atoms with E-state index in [0.29, 0.717) is 6.42 Å². The molecule has 0 saturated heterocycles. The molecule has 0 aliphatic rings. The molecule has 0 aliphatic heterocycles. The lowest BCUT2D eigenvalue weighted by Gasteiger charge is -2.25. The summed E-state index contributed by atoms with van der Waals surface area (Å²) in [5, 5.41) is 11.4. The monoisotopic (exact) mass is 346 g/mol. The molecular weight excluding hydrogens is 324 g/mol. The Morgan fingerprint density at radius 3 is 2.39 bits per heavy atom. The molecule has 0 aromatic carbocycles. The van der Waals surface area contributed by atoms with Crippen molar-refractivity contribution < 1.29 is 27.5 Å². The summed E-state index contributed by atoms with van der Waals surface area (Å²) in [6, 6.07) is 1.11. The SMILES string of the molecule is CCCC(C)(NC(=O)c1cc(S(=O)(=O)N(C)C)oc1C)C(=O)O. The Morgan fingerprint density at radius 2 is 1.96 bits per heavy atom. The van der Waals surface area contributed by atoms with Crippen molar-refractivity contribution in [3.05, 3.63) is 17.4 Å². The van der Waals surface area contributed by atoms with Crippen molar-refractivity contribution in [1.29, 1.82) is 0 Å². The summed E-state index contributed by atoms with van der Waals surface area (Å²) in [4.78, 5) is 23.7. The third-order valence-electron chi connectivity index (χ3n) is 3.49.